The van der Waals surface area contributed by atoms with Crippen LogP contribution >= 0.6 is 12.4 Å². The molecule has 0 radical (unpaired) electrons. The van der Waals surface area contributed by atoms with Crippen molar-refractivity contribution in [3.05, 3.63) is 0 Å². The topological polar surface area (TPSA) is 38.8 Å². The van der Waals surface area contributed by atoms with E-state index < -0.39 is 0 Å². The van der Waals surface area contributed by atoms with E-state index in [1.54, 1.807) is 0 Å². The molecule has 24 heavy (non-hydrogen) atoms. The Balaban J connectivity index is 0.00000208. The van der Waals surface area contributed by atoms with E-state index in [9.17, 15) is 4.79 Å². The van der Waals surface area contributed by atoms with Crippen LogP contribution in [0.2, 0.25) is 0 Å². The maximum Gasteiger partial charge on any atom is 0.236 e. The van der Waals surface area contributed by atoms with Gasteiger partial charge in [0.2, 0.25) is 5.91 Å². The summed E-state index contributed by atoms with van der Waals surface area (Å²) in [6.45, 7) is 10.6. The number of nitrogens with zero attached hydrogens (tertiary/aromatic N) is 3. The van der Waals surface area contributed by atoms with Crippen molar-refractivity contribution in [1.82, 2.24) is 20.0 Å². The summed E-state index contributed by atoms with van der Waals surface area (Å²) in [5, 5.41) is 3.45. The highest BCUT2D eigenvalue weighted by Crippen LogP contribution is 2.15. The van der Waals surface area contributed by atoms with Gasteiger partial charge >= 0.3 is 0 Å². The summed E-state index contributed by atoms with van der Waals surface area (Å²) in [4.78, 5) is 19.6. The van der Waals surface area contributed by atoms with Gasteiger partial charge in [-0.25, -0.2) is 0 Å². The smallest absolute Gasteiger partial charge is 0.236 e. The van der Waals surface area contributed by atoms with Gasteiger partial charge in [0.05, 0.1) is 6.54 Å². The third-order valence-electron chi connectivity index (χ3n) is 5.76. The Labute approximate surface area is 153 Å². The van der Waals surface area contributed by atoms with Crippen molar-refractivity contribution in [3.63, 3.8) is 0 Å². The van der Waals surface area contributed by atoms with Gasteiger partial charge in [0.25, 0.3) is 0 Å². The first-order chi connectivity index (χ1) is 11.3. The molecule has 1 amide bonds. The largest absolute Gasteiger partial charge is 0.342 e. The van der Waals surface area contributed by atoms with E-state index in [-0.39, 0.29) is 12.4 Å². The Bertz CT molecular complexity index is 360. The fraction of sp³-hybridized carbons (Fsp3) is 0.944. The van der Waals surface area contributed by atoms with Gasteiger partial charge in [-0.1, -0.05) is 12.8 Å². The van der Waals surface area contributed by atoms with E-state index >= 15 is 0 Å². The minimum Gasteiger partial charge on any atom is -0.342 e. The number of carbonyl (C=O) groups excluding carboxylic acids is 1. The number of likely N-dealkylation sites (tertiary alicyclic amines) is 1. The van der Waals surface area contributed by atoms with E-state index in [4.69, 9.17) is 0 Å². The number of piperidine rings is 1. The first-order valence-corrected chi connectivity index (χ1v) is 9.74. The second-order valence-electron chi connectivity index (χ2n) is 7.57. The SMILES string of the molecule is Cl.O=C(CN1CCN(CC2CCNCC2)CC1)N1CCCCCC1. The second kappa shape index (κ2) is 10.6. The number of halogens is 1. The summed E-state index contributed by atoms with van der Waals surface area (Å²) >= 11 is 0. The molecule has 140 valence electrons. The Morgan fingerprint density at radius 1 is 0.833 bits per heavy atom. The number of nitrogens with one attached hydrogen (secondary N) is 1. The summed E-state index contributed by atoms with van der Waals surface area (Å²) in [5.74, 6) is 1.24. The van der Waals surface area contributed by atoms with Crippen LogP contribution in [0.15, 0.2) is 0 Å². The molecule has 0 aromatic heterocycles. The van der Waals surface area contributed by atoms with E-state index in [0.717, 1.165) is 45.2 Å². The number of piperazine rings is 1. The second-order valence-corrected chi connectivity index (χ2v) is 7.57. The Kier molecular flexibility index (Phi) is 8.81. The molecule has 0 unspecified atom stereocenters. The van der Waals surface area contributed by atoms with Crippen LogP contribution in [0.3, 0.4) is 0 Å². The summed E-state index contributed by atoms with van der Waals surface area (Å²) in [6.07, 6.45) is 7.62. The molecular formula is C18H35ClN4O. The lowest BCUT2D eigenvalue weighted by molar-refractivity contribution is -0.132. The van der Waals surface area contributed by atoms with Gasteiger partial charge in [0.1, 0.15) is 0 Å². The highest BCUT2D eigenvalue weighted by Gasteiger charge is 2.24. The molecule has 3 saturated heterocycles. The lowest BCUT2D eigenvalue weighted by Gasteiger charge is -2.37. The number of hydrogen-bond donors (Lipinski definition) is 1. The quantitative estimate of drug-likeness (QED) is 0.825. The van der Waals surface area contributed by atoms with Gasteiger partial charge in [-0.2, -0.15) is 0 Å². The average Bonchev–Trinajstić information content (AvgIpc) is 2.87. The molecule has 5 nitrogen and oxygen atoms in total. The van der Waals surface area contributed by atoms with Gasteiger partial charge in [-0.05, 0) is 44.7 Å². The molecule has 0 aromatic rings. The highest BCUT2D eigenvalue weighted by molar-refractivity contribution is 5.85. The number of hydrogen-bond acceptors (Lipinski definition) is 4. The summed E-state index contributed by atoms with van der Waals surface area (Å²) < 4.78 is 0. The molecule has 3 fully saturated rings. The lowest BCUT2D eigenvalue weighted by atomic mass is 9.97. The molecule has 3 aliphatic heterocycles. The van der Waals surface area contributed by atoms with Gasteiger partial charge in [0.15, 0.2) is 0 Å². The Morgan fingerprint density at radius 3 is 2.04 bits per heavy atom. The Morgan fingerprint density at radius 2 is 1.42 bits per heavy atom. The zero-order valence-corrected chi connectivity index (χ0v) is 15.9. The molecule has 3 heterocycles. The molecule has 0 saturated carbocycles. The predicted molar refractivity (Wildman–Crippen MR) is 101 cm³/mol. The van der Waals surface area contributed by atoms with Gasteiger partial charge < -0.3 is 15.1 Å². The van der Waals surface area contributed by atoms with Crippen molar-refractivity contribution in [2.75, 3.05) is 65.4 Å². The van der Waals surface area contributed by atoms with E-state index in [1.165, 1.54) is 58.2 Å². The maximum absolute atomic E-state index is 12.5. The summed E-state index contributed by atoms with van der Waals surface area (Å²) in [6, 6.07) is 0. The van der Waals surface area contributed by atoms with E-state index in [2.05, 4.69) is 20.0 Å². The lowest BCUT2D eigenvalue weighted by Crippen LogP contribution is -2.51. The monoisotopic (exact) mass is 358 g/mol. The van der Waals surface area contributed by atoms with E-state index in [1.807, 2.05) is 0 Å². The number of carbonyl (C=O) groups is 1. The van der Waals surface area contributed by atoms with E-state index in [0.29, 0.717) is 12.5 Å². The summed E-state index contributed by atoms with van der Waals surface area (Å²) in [5.41, 5.74) is 0. The predicted octanol–water partition coefficient (Wildman–Crippen LogP) is 1.43. The van der Waals surface area contributed by atoms with Crippen LogP contribution in [-0.2, 0) is 4.79 Å². The zero-order valence-electron chi connectivity index (χ0n) is 15.0. The minimum atomic E-state index is 0. The fourth-order valence-corrected chi connectivity index (χ4v) is 4.17. The first-order valence-electron chi connectivity index (χ1n) is 9.74. The van der Waals surface area contributed by atoms with Crippen LogP contribution < -0.4 is 5.32 Å². The molecule has 0 atom stereocenters. The first kappa shape index (κ1) is 20.0. The fourth-order valence-electron chi connectivity index (χ4n) is 4.17. The molecule has 0 aromatic carbocycles. The van der Waals surface area contributed by atoms with Crippen LogP contribution in [0.4, 0.5) is 0 Å². The van der Waals surface area contributed by atoms with Crippen LogP contribution in [0.5, 0.6) is 0 Å². The molecule has 3 rings (SSSR count). The van der Waals surface area contributed by atoms with Crippen LogP contribution in [0, 0.1) is 5.92 Å². The summed E-state index contributed by atoms with van der Waals surface area (Å²) in [7, 11) is 0. The zero-order chi connectivity index (χ0) is 15.9. The Hall–Kier alpha value is -0.360. The molecule has 0 aliphatic carbocycles. The maximum atomic E-state index is 12.5. The third kappa shape index (κ3) is 6.17. The van der Waals surface area contributed by atoms with Crippen LogP contribution in [0.1, 0.15) is 38.5 Å². The third-order valence-corrected chi connectivity index (χ3v) is 5.76. The van der Waals surface area contributed by atoms with Gasteiger partial charge in [-0.15, -0.1) is 12.4 Å². The van der Waals surface area contributed by atoms with Crippen LogP contribution in [-0.4, -0.2) is 86.1 Å². The minimum absolute atomic E-state index is 0. The highest BCUT2D eigenvalue weighted by atomic mass is 35.5. The average molecular weight is 359 g/mol. The number of rotatable bonds is 4. The van der Waals surface area contributed by atoms with Crippen LogP contribution in [0.25, 0.3) is 0 Å². The number of amides is 1. The van der Waals surface area contributed by atoms with Crippen molar-refractivity contribution in [2.24, 2.45) is 5.92 Å². The van der Waals surface area contributed by atoms with Gasteiger partial charge in [0, 0.05) is 45.8 Å². The van der Waals surface area contributed by atoms with Crippen molar-refractivity contribution in [1.29, 1.82) is 0 Å². The van der Waals surface area contributed by atoms with Crippen molar-refractivity contribution >= 4 is 18.3 Å². The normalized spacial score (nSPS) is 25.1. The molecule has 3 aliphatic rings. The molecule has 0 bridgehead atoms. The molecular weight excluding hydrogens is 324 g/mol. The van der Waals surface area contributed by atoms with Crippen molar-refractivity contribution in [3.8, 4) is 0 Å². The van der Waals surface area contributed by atoms with Gasteiger partial charge in [-0.3, -0.25) is 9.69 Å². The molecule has 6 heteroatoms. The van der Waals surface area contributed by atoms with Crippen molar-refractivity contribution < 1.29 is 4.79 Å². The van der Waals surface area contributed by atoms with Crippen molar-refractivity contribution in [2.45, 2.75) is 38.5 Å². The molecule has 1 N–H and O–H groups in total. The standard InChI is InChI=1S/C18H34N4O.ClH/c23-18(22-9-3-1-2-4-10-22)16-21-13-11-20(12-14-21)15-17-5-7-19-8-6-17;/h17,19H,1-16H2;1H. The molecule has 0 spiro atoms.